The van der Waals surface area contributed by atoms with Crippen molar-refractivity contribution in [3.63, 3.8) is 0 Å². The summed E-state index contributed by atoms with van der Waals surface area (Å²) in [6.45, 7) is 2.96. The topological polar surface area (TPSA) is 58.1 Å². The summed E-state index contributed by atoms with van der Waals surface area (Å²) in [6.07, 6.45) is 9.99. The summed E-state index contributed by atoms with van der Waals surface area (Å²) in [5.74, 6) is 0.263. The van der Waals surface area contributed by atoms with Gasteiger partial charge in [-0.1, -0.05) is 12.1 Å². The van der Waals surface area contributed by atoms with Crippen LogP contribution in [0.4, 0.5) is 0 Å². The van der Waals surface area contributed by atoms with Gasteiger partial charge < -0.3 is 5.32 Å². The quantitative estimate of drug-likeness (QED) is 0.880. The molecule has 5 nitrogen and oxygen atoms in total. The van der Waals surface area contributed by atoms with E-state index in [0.29, 0.717) is 6.04 Å². The van der Waals surface area contributed by atoms with Crippen LogP contribution in [0.3, 0.4) is 0 Å². The molecule has 2 aliphatic rings. The molecule has 1 amide bonds. The summed E-state index contributed by atoms with van der Waals surface area (Å²) in [4.78, 5) is 24.2. The van der Waals surface area contributed by atoms with Crippen molar-refractivity contribution in [2.24, 2.45) is 5.92 Å². The molecule has 1 unspecified atom stereocenters. The van der Waals surface area contributed by atoms with Gasteiger partial charge in [0.05, 0.1) is 23.5 Å². The fraction of sp³-hybridized carbons (Fsp3) is 0.522. The maximum Gasteiger partial charge on any atom is 0.223 e. The number of likely N-dealkylation sites (tertiary alicyclic amines) is 1. The monoisotopic (exact) mass is 378 g/mol. The fourth-order valence-corrected chi connectivity index (χ4v) is 4.85. The molecule has 4 heterocycles. The van der Waals surface area contributed by atoms with Gasteiger partial charge in [-0.3, -0.25) is 19.7 Å². The Bertz CT molecular complexity index is 837. The molecule has 0 aromatic carbocycles. The molecule has 2 saturated heterocycles. The fourth-order valence-electron chi connectivity index (χ4n) is 4.85. The lowest BCUT2D eigenvalue weighted by atomic mass is 9.86. The highest BCUT2D eigenvalue weighted by molar-refractivity contribution is 5.79. The van der Waals surface area contributed by atoms with E-state index in [1.807, 2.05) is 24.5 Å². The molecular weight excluding hydrogens is 348 g/mol. The summed E-state index contributed by atoms with van der Waals surface area (Å²) >= 11 is 0. The van der Waals surface area contributed by atoms with E-state index in [1.54, 1.807) is 0 Å². The normalized spacial score (nSPS) is 26.1. The zero-order chi connectivity index (χ0) is 19.5. The van der Waals surface area contributed by atoms with E-state index < -0.39 is 0 Å². The number of rotatable bonds is 4. The van der Waals surface area contributed by atoms with Crippen LogP contribution in [0.25, 0.3) is 0 Å². The predicted octanol–water partition coefficient (Wildman–Crippen LogP) is 3.75. The van der Waals surface area contributed by atoms with Crippen LogP contribution >= 0.6 is 0 Å². The molecule has 0 spiro atoms. The third-order valence-electron chi connectivity index (χ3n) is 6.41. The lowest BCUT2D eigenvalue weighted by Gasteiger charge is -2.40. The largest absolute Gasteiger partial charge is 0.356 e. The first-order valence-electron chi connectivity index (χ1n) is 10.5. The summed E-state index contributed by atoms with van der Waals surface area (Å²) < 4.78 is 0. The number of nitrogens with zero attached hydrogens (tertiary/aromatic N) is 3. The van der Waals surface area contributed by atoms with Gasteiger partial charge in [-0.2, -0.15) is 0 Å². The van der Waals surface area contributed by atoms with Crippen LogP contribution in [0.2, 0.25) is 0 Å². The highest BCUT2D eigenvalue weighted by Crippen LogP contribution is 2.41. The highest BCUT2D eigenvalue weighted by atomic mass is 16.1. The van der Waals surface area contributed by atoms with E-state index >= 15 is 0 Å². The maximum absolute atomic E-state index is 12.3. The van der Waals surface area contributed by atoms with Gasteiger partial charge in [0, 0.05) is 24.9 Å². The average Bonchev–Trinajstić information content (AvgIpc) is 2.71. The number of carbonyl (C=O) groups is 1. The van der Waals surface area contributed by atoms with Crippen molar-refractivity contribution < 1.29 is 4.79 Å². The molecule has 148 valence electrons. The number of aromatic nitrogens is 2. The minimum Gasteiger partial charge on any atom is -0.356 e. The number of pyridine rings is 2. The number of carbonyl (C=O) groups excluding carboxylic acids is 1. The first-order valence-corrected chi connectivity index (χ1v) is 10.5. The van der Waals surface area contributed by atoms with Gasteiger partial charge in [-0.05, 0) is 75.8 Å². The average molecular weight is 379 g/mol. The Morgan fingerprint density at radius 3 is 2.50 bits per heavy atom. The van der Waals surface area contributed by atoms with Crippen molar-refractivity contribution >= 4 is 5.91 Å². The van der Waals surface area contributed by atoms with Crippen LogP contribution in [0.15, 0.2) is 36.7 Å². The smallest absolute Gasteiger partial charge is 0.223 e. The van der Waals surface area contributed by atoms with E-state index in [-0.39, 0.29) is 17.9 Å². The van der Waals surface area contributed by atoms with Crippen LogP contribution in [0, 0.1) is 12.8 Å². The third kappa shape index (κ3) is 3.81. The number of aryl methyl sites for hydroxylation is 1. The van der Waals surface area contributed by atoms with E-state index in [4.69, 9.17) is 9.97 Å². The molecule has 28 heavy (non-hydrogen) atoms. The third-order valence-corrected chi connectivity index (χ3v) is 6.41. The van der Waals surface area contributed by atoms with Crippen molar-refractivity contribution in [1.82, 2.24) is 20.2 Å². The van der Waals surface area contributed by atoms with Crippen LogP contribution in [0.1, 0.15) is 66.7 Å². The van der Waals surface area contributed by atoms with Gasteiger partial charge in [0.1, 0.15) is 0 Å². The van der Waals surface area contributed by atoms with Gasteiger partial charge in [0.15, 0.2) is 0 Å². The first kappa shape index (κ1) is 19.1. The molecule has 0 radical (unpaired) electrons. The standard InChI is InChI=1S/C23H30N4O/c1-16-7-4-12-24-21(16)19-10-3-11-20(27(19)2)22-17(8-5-13-25-22)15-18-9-6-14-26-23(18)28/h4-5,7-8,12-13,18-20H,3,6,9-11,14-15H2,1-2H3,(H,26,28)/t18?,19-,20+/m0/s1. The zero-order valence-corrected chi connectivity index (χ0v) is 16.9. The highest BCUT2D eigenvalue weighted by Gasteiger charge is 2.33. The molecule has 1 N–H and O–H groups in total. The van der Waals surface area contributed by atoms with Crippen molar-refractivity contribution in [3.05, 3.63) is 59.2 Å². The van der Waals surface area contributed by atoms with Crippen LogP contribution in [-0.2, 0) is 11.2 Å². The Hall–Kier alpha value is -2.27. The molecule has 0 bridgehead atoms. The summed E-state index contributed by atoms with van der Waals surface area (Å²) in [5, 5.41) is 3.02. The molecule has 2 fully saturated rings. The minimum atomic E-state index is 0.0689. The van der Waals surface area contributed by atoms with Crippen LogP contribution in [-0.4, -0.2) is 34.4 Å². The van der Waals surface area contributed by atoms with Crippen molar-refractivity contribution in [3.8, 4) is 0 Å². The van der Waals surface area contributed by atoms with Crippen molar-refractivity contribution in [2.75, 3.05) is 13.6 Å². The Labute approximate surface area is 167 Å². The number of hydrogen-bond donors (Lipinski definition) is 1. The van der Waals surface area contributed by atoms with Gasteiger partial charge in [-0.25, -0.2) is 0 Å². The summed E-state index contributed by atoms with van der Waals surface area (Å²) in [6, 6.07) is 8.89. The lowest BCUT2D eigenvalue weighted by Crippen LogP contribution is -2.38. The summed E-state index contributed by atoms with van der Waals surface area (Å²) in [7, 11) is 2.20. The second-order valence-corrected chi connectivity index (χ2v) is 8.22. The molecule has 5 heteroatoms. The molecule has 3 atom stereocenters. The molecule has 2 aromatic rings. The van der Waals surface area contributed by atoms with E-state index in [0.717, 1.165) is 50.8 Å². The molecular formula is C23H30N4O. The Morgan fingerprint density at radius 1 is 1.04 bits per heavy atom. The Balaban J connectivity index is 1.60. The van der Waals surface area contributed by atoms with Crippen LogP contribution < -0.4 is 5.32 Å². The molecule has 2 aliphatic heterocycles. The van der Waals surface area contributed by atoms with Crippen LogP contribution in [0.5, 0.6) is 0 Å². The molecule has 0 saturated carbocycles. The lowest BCUT2D eigenvalue weighted by molar-refractivity contribution is -0.126. The SMILES string of the molecule is Cc1cccnc1[C@@H]1CCC[C@H](c2ncccc2CC2CCCNC2=O)N1C. The predicted molar refractivity (Wildman–Crippen MR) is 110 cm³/mol. The van der Waals surface area contributed by atoms with Crippen molar-refractivity contribution in [1.29, 1.82) is 0 Å². The second-order valence-electron chi connectivity index (χ2n) is 8.22. The Morgan fingerprint density at radius 2 is 1.75 bits per heavy atom. The summed E-state index contributed by atoms with van der Waals surface area (Å²) in [5.41, 5.74) is 4.79. The number of piperidine rings is 2. The second kappa shape index (κ2) is 8.39. The van der Waals surface area contributed by atoms with Gasteiger partial charge in [0.25, 0.3) is 0 Å². The number of nitrogens with one attached hydrogen (secondary N) is 1. The van der Waals surface area contributed by atoms with Gasteiger partial charge >= 0.3 is 0 Å². The van der Waals surface area contributed by atoms with E-state index in [9.17, 15) is 4.79 Å². The minimum absolute atomic E-state index is 0.0689. The Kier molecular flexibility index (Phi) is 5.72. The number of hydrogen-bond acceptors (Lipinski definition) is 4. The molecule has 4 rings (SSSR count). The number of amides is 1. The zero-order valence-electron chi connectivity index (χ0n) is 16.9. The van der Waals surface area contributed by atoms with Gasteiger partial charge in [-0.15, -0.1) is 0 Å². The molecule has 0 aliphatic carbocycles. The van der Waals surface area contributed by atoms with E-state index in [1.165, 1.54) is 16.8 Å². The van der Waals surface area contributed by atoms with E-state index in [2.05, 4.69) is 36.3 Å². The van der Waals surface area contributed by atoms with Gasteiger partial charge in [0.2, 0.25) is 5.91 Å². The first-order chi connectivity index (χ1) is 13.6. The van der Waals surface area contributed by atoms with Crippen molar-refractivity contribution in [2.45, 2.75) is 57.5 Å². The molecule has 2 aromatic heterocycles. The maximum atomic E-state index is 12.3.